The van der Waals surface area contributed by atoms with Gasteiger partial charge in [-0.15, -0.1) is 0 Å². The molecule has 2 atom stereocenters. The summed E-state index contributed by atoms with van der Waals surface area (Å²) in [6.07, 6.45) is -4.29. The predicted octanol–water partition coefficient (Wildman–Crippen LogP) is 2.91. The molecule has 2 rings (SSSR count). The Morgan fingerprint density at radius 3 is 2.55 bits per heavy atom. The van der Waals surface area contributed by atoms with Gasteiger partial charge >= 0.3 is 11.9 Å². The molecule has 110 valence electrons. The molecular weight excluding hydrogens is 279 g/mol. The van der Waals surface area contributed by atoms with E-state index in [4.69, 9.17) is 4.74 Å². The van der Waals surface area contributed by atoms with Crippen molar-refractivity contribution in [2.24, 2.45) is 0 Å². The molecule has 0 aliphatic heterocycles. The maximum Gasteiger partial charge on any atom is 0.416 e. The molecule has 5 nitrogen and oxygen atoms in total. The van der Waals surface area contributed by atoms with Gasteiger partial charge < -0.3 is 9.84 Å². The summed E-state index contributed by atoms with van der Waals surface area (Å²) in [6, 6.07) is 2.09. The van der Waals surface area contributed by atoms with Gasteiger partial charge in [-0.05, 0) is 31.4 Å². The second-order valence-electron chi connectivity index (χ2n) is 4.59. The van der Waals surface area contributed by atoms with Crippen molar-refractivity contribution in [2.75, 3.05) is 0 Å². The lowest BCUT2D eigenvalue weighted by atomic mass is 10.1. The third kappa shape index (κ3) is 3.01. The molecule has 1 saturated carbocycles. The van der Waals surface area contributed by atoms with Gasteiger partial charge in [0, 0.05) is 6.07 Å². The Morgan fingerprint density at radius 2 is 2.05 bits per heavy atom. The van der Waals surface area contributed by atoms with Gasteiger partial charge in [-0.1, -0.05) is 0 Å². The van der Waals surface area contributed by atoms with Crippen molar-refractivity contribution in [3.63, 3.8) is 0 Å². The Balaban J connectivity index is 2.31. The molecule has 2 unspecified atom stereocenters. The number of nitro groups is 1. The second kappa shape index (κ2) is 5.28. The van der Waals surface area contributed by atoms with Crippen LogP contribution in [0.3, 0.4) is 0 Å². The van der Waals surface area contributed by atoms with Crippen LogP contribution in [0.25, 0.3) is 0 Å². The fourth-order valence-electron chi connectivity index (χ4n) is 2.14. The average Bonchev–Trinajstić information content (AvgIpc) is 2.74. The summed E-state index contributed by atoms with van der Waals surface area (Å²) in [7, 11) is 0. The van der Waals surface area contributed by atoms with Crippen LogP contribution in [-0.2, 0) is 6.18 Å². The zero-order chi connectivity index (χ0) is 14.9. The number of rotatable bonds is 3. The topological polar surface area (TPSA) is 72.6 Å². The molecule has 20 heavy (non-hydrogen) atoms. The maximum atomic E-state index is 12.5. The van der Waals surface area contributed by atoms with Crippen LogP contribution in [0, 0.1) is 10.1 Å². The number of nitro benzene ring substituents is 1. The molecule has 1 aliphatic carbocycles. The Hall–Kier alpha value is -1.83. The monoisotopic (exact) mass is 291 g/mol. The minimum absolute atomic E-state index is 0.256. The van der Waals surface area contributed by atoms with Gasteiger partial charge in [0.05, 0.1) is 16.6 Å². The molecule has 1 N–H and O–H groups in total. The quantitative estimate of drug-likeness (QED) is 0.686. The summed E-state index contributed by atoms with van der Waals surface area (Å²) in [5.74, 6) is -0.256. The predicted molar refractivity (Wildman–Crippen MR) is 62.4 cm³/mol. The van der Waals surface area contributed by atoms with E-state index in [1.807, 2.05) is 0 Å². The molecule has 0 aromatic heterocycles. The van der Waals surface area contributed by atoms with Crippen LogP contribution in [0.1, 0.15) is 24.8 Å². The minimum atomic E-state index is -4.66. The highest BCUT2D eigenvalue weighted by molar-refractivity contribution is 5.49. The first-order chi connectivity index (χ1) is 9.29. The maximum absolute atomic E-state index is 12.5. The number of halogens is 3. The molecule has 0 heterocycles. The minimum Gasteiger partial charge on any atom is -0.481 e. The molecule has 1 aromatic carbocycles. The van der Waals surface area contributed by atoms with Crippen LogP contribution in [0.2, 0.25) is 0 Å². The van der Waals surface area contributed by atoms with E-state index in [9.17, 15) is 28.4 Å². The first-order valence-corrected chi connectivity index (χ1v) is 5.99. The lowest BCUT2D eigenvalue weighted by molar-refractivity contribution is -0.386. The van der Waals surface area contributed by atoms with E-state index < -0.39 is 34.6 Å². The molecule has 1 fully saturated rings. The average molecular weight is 291 g/mol. The van der Waals surface area contributed by atoms with Gasteiger partial charge in [-0.2, -0.15) is 13.2 Å². The molecule has 1 aliphatic rings. The summed E-state index contributed by atoms with van der Waals surface area (Å²) in [5, 5.41) is 20.4. The second-order valence-corrected chi connectivity index (χ2v) is 4.59. The number of aliphatic hydroxyl groups excluding tert-OH is 1. The number of ether oxygens (including phenoxy) is 1. The third-order valence-corrected chi connectivity index (χ3v) is 3.18. The summed E-state index contributed by atoms with van der Waals surface area (Å²) >= 11 is 0. The van der Waals surface area contributed by atoms with Crippen LogP contribution in [0.5, 0.6) is 5.75 Å². The van der Waals surface area contributed by atoms with Gasteiger partial charge in [-0.25, -0.2) is 0 Å². The Kier molecular flexibility index (Phi) is 3.85. The fraction of sp³-hybridized carbons (Fsp3) is 0.500. The van der Waals surface area contributed by atoms with Crippen LogP contribution in [0.15, 0.2) is 18.2 Å². The van der Waals surface area contributed by atoms with Gasteiger partial charge in [0.1, 0.15) is 6.10 Å². The van der Waals surface area contributed by atoms with E-state index in [1.54, 1.807) is 0 Å². The smallest absolute Gasteiger partial charge is 0.416 e. The molecule has 0 bridgehead atoms. The number of benzene rings is 1. The Labute approximate surface area is 112 Å². The van der Waals surface area contributed by atoms with E-state index in [1.165, 1.54) is 0 Å². The first kappa shape index (κ1) is 14.6. The summed E-state index contributed by atoms with van der Waals surface area (Å²) in [4.78, 5) is 9.93. The molecule has 1 aromatic rings. The third-order valence-electron chi connectivity index (χ3n) is 3.18. The van der Waals surface area contributed by atoms with Crippen LogP contribution in [-0.4, -0.2) is 22.2 Å². The van der Waals surface area contributed by atoms with Crippen molar-refractivity contribution < 1.29 is 27.9 Å². The zero-order valence-electron chi connectivity index (χ0n) is 10.3. The summed E-state index contributed by atoms with van der Waals surface area (Å²) in [6.45, 7) is 0. The van der Waals surface area contributed by atoms with Gasteiger partial charge in [0.2, 0.25) is 0 Å². The number of hydrogen-bond acceptors (Lipinski definition) is 4. The van der Waals surface area contributed by atoms with E-state index in [-0.39, 0.29) is 5.75 Å². The highest BCUT2D eigenvalue weighted by atomic mass is 19.4. The van der Waals surface area contributed by atoms with Crippen molar-refractivity contribution in [3.8, 4) is 5.75 Å². The highest BCUT2D eigenvalue weighted by Crippen LogP contribution is 2.37. The molecule has 0 radical (unpaired) electrons. The Bertz CT molecular complexity index is 518. The molecule has 0 amide bonds. The standard InChI is InChI=1S/C12H12F3NO4/c13-12(14,15)7-4-5-10(8(6-7)16(18)19)20-11-3-1-2-9(11)17/h4-6,9,11,17H,1-3H2. The van der Waals surface area contributed by atoms with Gasteiger partial charge in [0.25, 0.3) is 0 Å². The molecule has 0 spiro atoms. The van der Waals surface area contributed by atoms with E-state index >= 15 is 0 Å². The lowest BCUT2D eigenvalue weighted by Gasteiger charge is -2.17. The van der Waals surface area contributed by atoms with Crippen molar-refractivity contribution >= 4 is 5.69 Å². The van der Waals surface area contributed by atoms with Crippen molar-refractivity contribution in [1.82, 2.24) is 0 Å². The zero-order valence-corrected chi connectivity index (χ0v) is 10.3. The largest absolute Gasteiger partial charge is 0.481 e. The lowest BCUT2D eigenvalue weighted by Crippen LogP contribution is -2.26. The number of alkyl halides is 3. The van der Waals surface area contributed by atoms with E-state index in [0.717, 1.165) is 12.1 Å². The van der Waals surface area contributed by atoms with Crippen molar-refractivity contribution in [1.29, 1.82) is 0 Å². The number of aliphatic hydroxyl groups is 1. The molecular formula is C12H12F3NO4. The molecule has 8 heteroatoms. The normalized spacial score (nSPS) is 22.8. The highest BCUT2D eigenvalue weighted by Gasteiger charge is 2.34. The Morgan fingerprint density at radius 1 is 1.35 bits per heavy atom. The van der Waals surface area contributed by atoms with Crippen LogP contribution in [0.4, 0.5) is 18.9 Å². The van der Waals surface area contributed by atoms with Crippen LogP contribution < -0.4 is 4.74 Å². The first-order valence-electron chi connectivity index (χ1n) is 5.99. The van der Waals surface area contributed by atoms with E-state index in [0.29, 0.717) is 25.3 Å². The van der Waals surface area contributed by atoms with Crippen molar-refractivity contribution in [2.45, 2.75) is 37.6 Å². The van der Waals surface area contributed by atoms with Crippen LogP contribution >= 0.6 is 0 Å². The van der Waals surface area contributed by atoms with E-state index in [2.05, 4.69) is 0 Å². The van der Waals surface area contributed by atoms with Crippen molar-refractivity contribution in [3.05, 3.63) is 33.9 Å². The summed E-state index contributed by atoms with van der Waals surface area (Å²) < 4.78 is 42.9. The number of hydrogen-bond donors (Lipinski definition) is 1. The van der Waals surface area contributed by atoms with Gasteiger partial charge in [-0.3, -0.25) is 10.1 Å². The SMILES string of the molecule is O=[N+]([O-])c1cc(C(F)(F)F)ccc1OC1CCCC1O. The number of nitrogens with zero attached hydrogens (tertiary/aromatic N) is 1. The molecule has 0 saturated heterocycles. The summed E-state index contributed by atoms with van der Waals surface area (Å²) in [5.41, 5.74) is -1.86. The fourth-order valence-corrected chi connectivity index (χ4v) is 2.14. The van der Waals surface area contributed by atoms with Gasteiger partial charge in [0.15, 0.2) is 5.75 Å².